The molecule has 0 unspecified atom stereocenters. The van der Waals surface area contributed by atoms with E-state index in [1.807, 2.05) is 6.07 Å². The minimum Gasteiger partial charge on any atom is -0.373 e. The first-order valence-corrected chi connectivity index (χ1v) is 11.6. The highest BCUT2D eigenvalue weighted by molar-refractivity contribution is 7.99. The molecule has 3 aliphatic rings. The molecule has 0 spiro atoms. The number of piperidine rings is 1. The van der Waals surface area contributed by atoms with E-state index in [9.17, 15) is 4.79 Å². The lowest BCUT2D eigenvalue weighted by Crippen LogP contribution is -2.48. The van der Waals surface area contributed by atoms with E-state index in [1.165, 1.54) is 29.2 Å². The van der Waals surface area contributed by atoms with Gasteiger partial charge in [-0.25, -0.2) is 0 Å². The summed E-state index contributed by atoms with van der Waals surface area (Å²) < 4.78 is 5.72. The molecule has 0 saturated carbocycles. The van der Waals surface area contributed by atoms with Crippen molar-refractivity contribution in [3.8, 4) is 0 Å². The van der Waals surface area contributed by atoms with Gasteiger partial charge in [0.2, 0.25) is 0 Å². The van der Waals surface area contributed by atoms with Gasteiger partial charge < -0.3 is 15.0 Å². The Hall–Kier alpha value is -0.560. The van der Waals surface area contributed by atoms with Crippen molar-refractivity contribution in [3.05, 3.63) is 21.9 Å². The van der Waals surface area contributed by atoms with Crippen LogP contribution in [-0.4, -0.2) is 54.1 Å². The molecule has 138 valence electrons. The summed E-state index contributed by atoms with van der Waals surface area (Å²) in [4.78, 5) is 17.3. The summed E-state index contributed by atoms with van der Waals surface area (Å²) >= 11 is 3.69. The van der Waals surface area contributed by atoms with E-state index in [-0.39, 0.29) is 12.0 Å². The van der Waals surface area contributed by atoms with Crippen molar-refractivity contribution in [2.45, 2.75) is 56.7 Å². The molecule has 6 heteroatoms. The third-order valence-electron chi connectivity index (χ3n) is 5.67. The second kappa shape index (κ2) is 8.42. The Bertz CT molecular complexity index is 572. The van der Waals surface area contributed by atoms with Crippen LogP contribution in [0, 0.1) is 0 Å². The number of thioether (sulfide) groups is 1. The Kier molecular flexibility index (Phi) is 6.01. The molecule has 3 aliphatic heterocycles. The summed E-state index contributed by atoms with van der Waals surface area (Å²) in [5.74, 6) is 2.72. The van der Waals surface area contributed by atoms with Gasteiger partial charge in [0.1, 0.15) is 0 Å². The maximum Gasteiger partial charge on any atom is 0.261 e. The number of thiophene rings is 1. The molecule has 4 heterocycles. The first-order chi connectivity index (χ1) is 12.3. The number of hydrogen-bond donors (Lipinski definition) is 1. The summed E-state index contributed by atoms with van der Waals surface area (Å²) in [5.41, 5.74) is 0. The van der Waals surface area contributed by atoms with Crippen LogP contribution in [0.5, 0.6) is 0 Å². The van der Waals surface area contributed by atoms with Gasteiger partial charge in [-0.15, -0.1) is 11.3 Å². The Labute approximate surface area is 158 Å². The molecule has 25 heavy (non-hydrogen) atoms. The smallest absolute Gasteiger partial charge is 0.261 e. The van der Waals surface area contributed by atoms with Crippen LogP contribution < -0.4 is 5.32 Å². The molecular formula is C19H28N2O2S2. The van der Waals surface area contributed by atoms with Gasteiger partial charge in [0.05, 0.1) is 11.0 Å². The number of nitrogens with zero attached hydrogens (tertiary/aromatic N) is 1. The molecule has 4 nitrogen and oxygen atoms in total. The largest absolute Gasteiger partial charge is 0.373 e. The molecule has 1 aromatic rings. The van der Waals surface area contributed by atoms with Crippen LogP contribution in [0.3, 0.4) is 0 Å². The zero-order valence-electron chi connectivity index (χ0n) is 14.7. The quantitative estimate of drug-likeness (QED) is 0.865. The van der Waals surface area contributed by atoms with Crippen LogP contribution in [0.25, 0.3) is 0 Å². The molecule has 1 N–H and O–H groups in total. The predicted molar refractivity (Wildman–Crippen MR) is 105 cm³/mol. The SMILES string of the molecule is O=C(NC1CCN(C2CCSCC2)CC1)c1ccc([C@@H]2CCCO2)s1. The summed E-state index contributed by atoms with van der Waals surface area (Å²) in [6.45, 7) is 3.11. The van der Waals surface area contributed by atoms with Crippen LogP contribution >= 0.6 is 23.1 Å². The average molecular weight is 381 g/mol. The van der Waals surface area contributed by atoms with Gasteiger partial charge in [0.25, 0.3) is 5.91 Å². The van der Waals surface area contributed by atoms with E-state index in [2.05, 4.69) is 28.0 Å². The molecule has 3 saturated heterocycles. The number of likely N-dealkylation sites (tertiary alicyclic amines) is 1. The number of ether oxygens (including phenoxy) is 1. The van der Waals surface area contributed by atoms with Crippen LogP contribution in [0.2, 0.25) is 0 Å². The fourth-order valence-corrected chi connectivity index (χ4v) is 6.24. The first kappa shape index (κ1) is 17.8. The maximum atomic E-state index is 12.6. The highest BCUT2D eigenvalue weighted by Gasteiger charge is 2.27. The van der Waals surface area contributed by atoms with E-state index < -0.39 is 0 Å². The van der Waals surface area contributed by atoms with Gasteiger partial charge in [-0.3, -0.25) is 4.79 Å². The molecule has 3 fully saturated rings. The Balaban J connectivity index is 1.26. The predicted octanol–water partition coefficient (Wildman–Crippen LogP) is 3.69. The molecule has 4 rings (SSSR count). The number of hydrogen-bond acceptors (Lipinski definition) is 5. The van der Waals surface area contributed by atoms with Crippen LogP contribution in [0.4, 0.5) is 0 Å². The van der Waals surface area contributed by atoms with Crippen LogP contribution in [0.1, 0.15) is 59.2 Å². The van der Waals surface area contributed by atoms with Gasteiger partial charge in [-0.2, -0.15) is 11.8 Å². The van der Waals surface area contributed by atoms with E-state index in [1.54, 1.807) is 11.3 Å². The van der Waals surface area contributed by atoms with E-state index in [4.69, 9.17) is 4.74 Å². The molecule has 0 bridgehead atoms. The zero-order valence-corrected chi connectivity index (χ0v) is 16.4. The van der Waals surface area contributed by atoms with E-state index in [0.717, 1.165) is 56.3 Å². The second-order valence-corrected chi connectivity index (χ2v) is 9.67. The topological polar surface area (TPSA) is 41.6 Å². The maximum absolute atomic E-state index is 12.6. The van der Waals surface area contributed by atoms with Gasteiger partial charge in [-0.05, 0) is 62.2 Å². The third-order valence-corrected chi connectivity index (χ3v) is 7.89. The Morgan fingerprint density at radius 2 is 1.92 bits per heavy atom. The number of rotatable bonds is 4. The lowest BCUT2D eigenvalue weighted by molar-refractivity contribution is 0.0890. The summed E-state index contributed by atoms with van der Waals surface area (Å²) in [6.07, 6.45) is 7.26. The highest BCUT2D eigenvalue weighted by atomic mass is 32.2. The summed E-state index contributed by atoms with van der Waals surface area (Å²) in [5, 5.41) is 3.26. The van der Waals surface area contributed by atoms with Crippen molar-refractivity contribution in [3.63, 3.8) is 0 Å². The summed E-state index contributed by atoms with van der Waals surface area (Å²) in [7, 11) is 0. The molecule has 1 atom stereocenters. The molecule has 0 aliphatic carbocycles. The number of carbonyl (C=O) groups is 1. The van der Waals surface area contributed by atoms with Crippen LogP contribution in [-0.2, 0) is 4.74 Å². The number of carbonyl (C=O) groups excluding carboxylic acids is 1. The van der Waals surface area contributed by atoms with Crippen molar-refractivity contribution >= 4 is 29.0 Å². The number of amides is 1. The molecular weight excluding hydrogens is 352 g/mol. The normalized spacial score (nSPS) is 26.8. The van der Waals surface area contributed by atoms with Crippen molar-refractivity contribution in [1.29, 1.82) is 0 Å². The van der Waals surface area contributed by atoms with Gasteiger partial charge in [0, 0.05) is 36.7 Å². The van der Waals surface area contributed by atoms with Crippen molar-refractivity contribution < 1.29 is 9.53 Å². The Morgan fingerprint density at radius 3 is 2.64 bits per heavy atom. The van der Waals surface area contributed by atoms with E-state index >= 15 is 0 Å². The highest BCUT2D eigenvalue weighted by Crippen LogP contribution is 2.33. The van der Waals surface area contributed by atoms with Gasteiger partial charge >= 0.3 is 0 Å². The minimum absolute atomic E-state index is 0.0989. The third kappa shape index (κ3) is 4.41. The average Bonchev–Trinajstić information content (AvgIpc) is 3.35. The van der Waals surface area contributed by atoms with Gasteiger partial charge in [-0.1, -0.05) is 0 Å². The van der Waals surface area contributed by atoms with Crippen molar-refractivity contribution in [2.75, 3.05) is 31.2 Å². The fourth-order valence-electron chi connectivity index (χ4n) is 4.17. The molecule has 1 aromatic heterocycles. The molecule has 0 aromatic carbocycles. The first-order valence-electron chi connectivity index (χ1n) is 9.63. The number of nitrogens with one attached hydrogen (secondary N) is 1. The minimum atomic E-state index is 0.0989. The monoisotopic (exact) mass is 380 g/mol. The zero-order chi connectivity index (χ0) is 17.1. The summed E-state index contributed by atoms with van der Waals surface area (Å²) in [6, 6.07) is 5.14. The van der Waals surface area contributed by atoms with E-state index in [0.29, 0.717) is 6.04 Å². The van der Waals surface area contributed by atoms with Crippen molar-refractivity contribution in [1.82, 2.24) is 10.2 Å². The molecule has 1 amide bonds. The Morgan fingerprint density at radius 1 is 1.12 bits per heavy atom. The van der Waals surface area contributed by atoms with Gasteiger partial charge in [0.15, 0.2) is 0 Å². The van der Waals surface area contributed by atoms with Crippen molar-refractivity contribution in [2.24, 2.45) is 0 Å². The van der Waals surface area contributed by atoms with Crippen LogP contribution in [0.15, 0.2) is 12.1 Å². The standard InChI is InChI=1S/C19H28N2O2S2/c22-19(18-4-3-17(25-18)16-2-1-11-23-16)20-14-5-9-21(10-6-14)15-7-12-24-13-8-15/h3-4,14-16H,1-2,5-13H2,(H,20,22)/t16-/m0/s1. The lowest BCUT2D eigenvalue weighted by Gasteiger charge is -2.39. The molecule has 0 radical (unpaired) electrons. The fraction of sp³-hybridized carbons (Fsp3) is 0.737. The lowest BCUT2D eigenvalue weighted by atomic mass is 10.0. The second-order valence-electron chi connectivity index (χ2n) is 7.33.